The minimum absolute atomic E-state index is 0.0227. The molecule has 1 fully saturated rings. The topological polar surface area (TPSA) is 121 Å². The van der Waals surface area contributed by atoms with Gasteiger partial charge < -0.3 is 14.7 Å². The summed E-state index contributed by atoms with van der Waals surface area (Å²) in [5, 5.41) is 21.7. The second-order valence-electron chi connectivity index (χ2n) is 5.28. The van der Waals surface area contributed by atoms with Crippen LogP contribution in [0.2, 0.25) is 0 Å². The highest BCUT2D eigenvalue weighted by Gasteiger charge is 2.31. The summed E-state index contributed by atoms with van der Waals surface area (Å²) in [5.74, 6) is 0.0570. The van der Waals surface area contributed by atoms with Gasteiger partial charge in [0.05, 0.1) is 5.69 Å². The van der Waals surface area contributed by atoms with Gasteiger partial charge in [-0.1, -0.05) is 23.4 Å². The zero-order valence-corrected chi connectivity index (χ0v) is 14.0. The Labute approximate surface area is 140 Å². The maximum Gasteiger partial charge on any atom is 0.302 e. The van der Waals surface area contributed by atoms with Crippen molar-refractivity contribution in [2.75, 3.05) is 12.4 Å². The largest absolute Gasteiger partial charge is 0.462 e. The van der Waals surface area contributed by atoms with Crippen LogP contribution in [0, 0.1) is 0 Å². The van der Waals surface area contributed by atoms with Crippen LogP contribution >= 0.6 is 11.8 Å². The number of esters is 1. The summed E-state index contributed by atoms with van der Waals surface area (Å²) in [7, 11) is 0. The Balaban J connectivity index is 1.86. The van der Waals surface area contributed by atoms with Crippen LogP contribution in [0.15, 0.2) is 4.79 Å². The van der Waals surface area contributed by atoms with Crippen molar-refractivity contribution >= 4 is 28.8 Å². The third-order valence-electron chi connectivity index (χ3n) is 3.48. The number of carbonyl (C=O) groups is 1. The molecule has 3 heterocycles. The van der Waals surface area contributed by atoms with E-state index < -0.39 is 17.8 Å². The molecule has 2 aromatic heterocycles. The SMILES string of the molecule is CCCc1nn(O)c2c(=O)n(C3CSC(COC(C)=O)O3)nnc12. The average Bonchev–Trinajstić information content (AvgIpc) is 3.12. The number of nitrogens with zero attached hydrogens (tertiary/aromatic N) is 5. The van der Waals surface area contributed by atoms with Crippen LogP contribution in [-0.2, 0) is 20.7 Å². The van der Waals surface area contributed by atoms with Gasteiger partial charge >= 0.3 is 11.5 Å². The minimum Gasteiger partial charge on any atom is -0.462 e. The third-order valence-corrected chi connectivity index (χ3v) is 4.58. The minimum atomic E-state index is -0.649. The van der Waals surface area contributed by atoms with E-state index in [2.05, 4.69) is 15.4 Å². The van der Waals surface area contributed by atoms with Gasteiger partial charge in [-0.15, -0.1) is 22.0 Å². The molecular weight excluding hydrogens is 338 g/mol. The molecule has 0 spiro atoms. The van der Waals surface area contributed by atoms with E-state index in [1.807, 2.05) is 6.92 Å². The average molecular weight is 355 g/mol. The van der Waals surface area contributed by atoms with Crippen molar-refractivity contribution in [2.24, 2.45) is 0 Å². The van der Waals surface area contributed by atoms with Crippen LogP contribution in [0.25, 0.3) is 11.0 Å². The predicted octanol–water partition coefficient (Wildman–Crippen LogP) is 0.329. The van der Waals surface area contributed by atoms with Gasteiger partial charge in [0.1, 0.15) is 17.6 Å². The highest BCUT2D eigenvalue weighted by Crippen LogP contribution is 2.30. The molecule has 2 atom stereocenters. The quantitative estimate of drug-likeness (QED) is 0.597. The molecule has 0 radical (unpaired) electrons. The molecule has 1 saturated heterocycles. The van der Waals surface area contributed by atoms with Crippen molar-refractivity contribution in [1.29, 1.82) is 0 Å². The van der Waals surface area contributed by atoms with Gasteiger partial charge in [-0.2, -0.15) is 4.68 Å². The van der Waals surface area contributed by atoms with Crippen LogP contribution in [0.5, 0.6) is 0 Å². The van der Waals surface area contributed by atoms with Crippen molar-refractivity contribution in [3.8, 4) is 0 Å². The maximum atomic E-state index is 12.6. The van der Waals surface area contributed by atoms with Crippen molar-refractivity contribution in [3.05, 3.63) is 16.0 Å². The monoisotopic (exact) mass is 355 g/mol. The van der Waals surface area contributed by atoms with Gasteiger partial charge in [-0.25, -0.2) is 0 Å². The molecule has 2 aromatic rings. The molecule has 3 rings (SSSR count). The van der Waals surface area contributed by atoms with Crippen molar-refractivity contribution in [1.82, 2.24) is 24.9 Å². The first-order chi connectivity index (χ1) is 11.5. The first kappa shape index (κ1) is 16.7. The van der Waals surface area contributed by atoms with Gasteiger partial charge in [0.15, 0.2) is 11.7 Å². The molecule has 10 nitrogen and oxygen atoms in total. The van der Waals surface area contributed by atoms with Gasteiger partial charge in [0.2, 0.25) is 0 Å². The van der Waals surface area contributed by atoms with E-state index in [0.717, 1.165) is 11.1 Å². The van der Waals surface area contributed by atoms with Crippen molar-refractivity contribution in [3.63, 3.8) is 0 Å². The number of hydrogen-bond acceptors (Lipinski definition) is 9. The van der Waals surface area contributed by atoms with E-state index in [-0.39, 0.29) is 17.6 Å². The Hall–Kier alpha value is -2.14. The lowest BCUT2D eigenvalue weighted by Gasteiger charge is -2.13. The summed E-state index contributed by atoms with van der Waals surface area (Å²) >= 11 is 1.41. The molecule has 1 N–H and O–H groups in total. The third kappa shape index (κ3) is 3.08. The van der Waals surface area contributed by atoms with E-state index in [1.165, 1.54) is 18.7 Å². The van der Waals surface area contributed by atoms with Crippen LogP contribution in [0.1, 0.15) is 32.2 Å². The lowest BCUT2D eigenvalue weighted by molar-refractivity contribution is -0.144. The molecule has 11 heteroatoms. The molecule has 130 valence electrons. The van der Waals surface area contributed by atoms with Gasteiger partial charge in [0, 0.05) is 12.7 Å². The lowest BCUT2D eigenvalue weighted by Crippen LogP contribution is -2.31. The molecule has 1 aliphatic heterocycles. The standard InChI is InChI=1S/C13H17N5O5S/c1-3-4-8-11-12(18(21)15-8)13(20)17(16-14-11)9-6-24-10(23-9)5-22-7(2)19/h9-10,21H,3-6H2,1-2H3. The summed E-state index contributed by atoms with van der Waals surface area (Å²) < 4.78 is 11.6. The van der Waals surface area contributed by atoms with Crippen LogP contribution in [0.3, 0.4) is 0 Å². The second kappa shape index (κ2) is 6.77. The van der Waals surface area contributed by atoms with E-state index in [4.69, 9.17) is 9.47 Å². The fourth-order valence-corrected chi connectivity index (χ4v) is 3.39. The number of hydrogen-bond donors (Lipinski definition) is 1. The van der Waals surface area contributed by atoms with E-state index >= 15 is 0 Å². The number of rotatable bonds is 5. The summed E-state index contributed by atoms with van der Waals surface area (Å²) in [6.45, 7) is 3.38. The Morgan fingerprint density at radius 1 is 1.54 bits per heavy atom. The maximum absolute atomic E-state index is 12.6. The van der Waals surface area contributed by atoms with Crippen molar-refractivity contribution < 1.29 is 19.5 Å². The molecule has 24 heavy (non-hydrogen) atoms. The van der Waals surface area contributed by atoms with Crippen LogP contribution in [-0.4, -0.2) is 53.9 Å². The number of aromatic nitrogens is 5. The van der Waals surface area contributed by atoms with Crippen LogP contribution < -0.4 is 5.56 Å². The van der Waals surface area contributed by atoms with Crippen LogP contribution in [0.4, 0.5) is 0 Å². The highest BCUT2D eigenvalue weighted by molar-refractivity contribution is 8.00. The Morgan fingerprint density at radius 2 is 2.33 bits per heavy atom. The smallest absolute Gasteiger partial charge is 0.302 e. The number of carbonyl (C=O) groups excluding carboxylic acids is 1. The molecule has 0 saturated carbocycles. The lowest BCUT2D eigenvalue weighted by atomic mass is 10.2. The molecule has 2 unspecified atom stereocenters. The Kier molecular flexibility index (Phi) is 4.71. The summed E-state index contributed by atoms with van der Waals surface area (Å²) in [6.07, 6.45) is 0.740. The zero-order chi connectivity index (χ0) is 17.3. The zero-order valence-electron chi connectivity index (χ0n) is 13.2. The predicted molar refractivity (Wildman–Crippen MR) is 83.8 cm³/mol. The fraction of sp³-hybridized carbons (Fsp3) is 0.615. The van der Waals surface area contributed by atoms with Gasteiger partial charge in [-0.3, -0.25) is 9.59 Å². The molecule has 1 aliphatic rings. The van der Waals surface area contributed by atoms with E-state index in [0.29, 0.717) is 28.2 Å². The summed E-state index contributed by atoms with van der Waals surface area (Å²) in [6, 6.07) is 0. The van der Waals surface area contributed by atoms with Gasteiger partial charge in [-0.05, 0) is 6.42 Å². The second-order valence-corrected chi connectivity index (χ2v) is 6.47. The molecule has 0 aromatic carbocycles. The molecule has 0 aliphatic carbocycles. The summed E-state index contributed by atoms with van der Waals surface area (Å²) in [5.41, 5.74) is -0.108. The Morgan fingerprint density at radius 3 is 3.04 bits per heavy atom. The number of aryl methyl sites for hydroxylation is 1. The van der Waals surface area contributed by atoms with E-state index in [9.17, 15) is 14.8 Å². The fourth-order valence-electron chi connectivity index (χ4n) is 2.42. The number of fused-ring (bicyclic) bond motifs is 1. The molecular formula is C13H17N5O5S. The molecule has 0 amide bonds. The molecule has 0 bridgehead atoms. The normalized spacial score (nSPS) is 20.6. The van der Waals surface area contributed by atoms with E-state index in [1.54, 1.807) is 0 Å². The van der Waals surface area contributed by atoms with Gasteiger partial charge in [0.25, 0.3) is 0 Å². The number of ether oxygens (including phenoxy) is 2. The highest BCUT2D eigenvalue weighted by atomic mass is 32.2. The first-order valence-corrected chi connectivity index (χ1v) is 8.53. The first-order valence-electron chi connectivity index (χ1n) is 7.48. The number of thioether (sulfide) groups is 1. The van der Waals surface area contributed by atoms with Crippen molar-refractivity contribution in [2.45, 2.75) is 38.4 Å². The summed E-state index contributed by atoms with van der Waals surface area (Å²) in [4.78, 5) is 24.0. The Bertz CT molecular complexity index is 819.